The summed E-state index contributed by atoms with van der Waals surface area (Å²) in [5.74, 6) is 0. The molecule has 0 unspecified atom stereocenters. The van der Waals surface area contributed by atoms with Gasteiger partial charge in [0.2, 0.25) is 0 Å². The van der Waals surface area contributed by atoms with Crippen molar-refractivity contribution in [2.75, 3.05) is 0 Å². The molecule has 0 amide bonds. The molecule has 0 saturated carbocycles. The van der Waals surface area contributed by atoms with Crippen LogP contribution < -0.4 is 0 Å². The van der Waals surface area contributed by atoms with Gasteiger partial charge in [-0.3, -0.25) is 0 Å². The third-order valence-corrected chi connectivity index (χ3v) is 5.11. The van der Waals surface area contributed by atoms with Crippen LogP contribution in [0.25, 0.3) is 43.6 Å². The fourth-order valence-corrected chi connectivity index (χ4v) is 3.68. The summed E-state index contributed by atoms with van der Waals surface area (Å²) in [7, 11) is 0. The second-order valence-electron chi connectivity index (χ2n) is 6.99. The van der Waals surface area contributed by atoms with E-state index in [9.17, 15) is 0 Å². The SMILES string of the molecule is [Pt].[c-]1ccc2ccccc2c1-c1ccccn1.[c-]1cccc2ccc3ccc[c-]c3c12. The van der Waals surface area contributed by atoms with Gasteiger partial charge in [0.05, 0.1) is 0 Å². The van der Waals surface area contributed by atoms with Crippen LogP contribution in [0.3, 0.4) is 0 Å². The summed E-state index contributed by atoms with van der Waals surface area (Å²) in [5, 5.41) is 7.19. The third kappa shape index (κ3) is 4.43. The molecule has 6 rings (SSSR count). The number of hydrogen-bond acceptors (Lipinski definition) is 1. The molecule has 31 heavy (non-hydrogen) atoms. The number of pyridine rings is 1. The molecule has 6 aromatic rings. The van der Waals surface area contributed by atoms with E-state index in [1.165, 1.54) is 21.5 Å². The summed E-state index contributed by atoms with van der Waals surface area (Å²) >= 11 is 0. The zero-order valence-corrected chi connectivity index (χ0v) is 18.9. The van der Waals surface area contributed by atoms with Crippen molar-refractivity contribution < 1.29 is 21.1 Å². The minimum atomic E-state index is 0. The Morgan fingerprint density at radius 3 is 1.84 bits per heavy atom. The minimum Gasteiger partial charge on any atom is -0.305 e. The van der Waals surface area contributed by atoms with E-state index in [4.69, 9.17) is 0 Å². The first-order valence-electron chi connectivity index (χ1n) is 9.91. The number of hydrogen-bond donors (Lipinski definition) is 0. The quantitative estimate of drug-likeness (QED) is 0.148. The molecule has 1 aromatic heterocycles. The van der Waals surface area contributed by atoms with Gasteiger partial charge >= 0.3 is 0 Å². The Morgan fingerprint density at radius 2 is 1.16 bits per heavy atom. The monoisotopic (exact) mass is 575 g/mol. The Kier molecular flexibility index (Phi) is 6.55. The number of rotatable bonds is 1. The van der Waals surface area contributed by atoms with Crippen LogP contribution in [0.5, 0.6) is 0 Å². The van der Waals surface area contributed by atoms with Crippen molar-refractivity contribution in [3.05, 3.63) is 128 Å². The van der Waals surface area contributed by atoms with Crippen LogP contribution in [0.2, 0.25) is 0 Å². The van der Waals surface area contributed by atoms with Crippen LogP contribution in [0.1, 0.15) is 0 Å². The summed E-state index contributed by atoms with van der Waals surface area (Å²) < 4.78 is 0. The van der Waals surface area contributed by atoms with E-state index in [1.807, 2.05) is 66.9 Å². The van der Waals surface area contributed by atoms with E-state index in [2.05, 4.69) is 65.6 Å². The largest absolute Gasteiger partial charge is 0.305 e. The van der Waals surface area contributed by atoms with Gasteiger partial charge in [0.15, 0.2) is 0 Å². The fraction of sp³-hybridized carbons (Fsp3) is 0. The summed E-state index contributed by atoms with van der Waals surface area (Å²) in [5.41, 5.74) is 2.04. The molecule has 0 spiro atoms. The first-order valence-corrected chi connectivity index (χ1v) is 9.91. The van der Waals surface area contributed by atoms with Gasteiger partial charge in [-0.05, 0) is 11.8 Å². The second kappa shape index (κ2) is 9.68. The van der Waals surface area contributed by atoms with Crippen LogP contribution in [0, 0.1) is 18.2 Å². The minimum absolute atomic E-state index is 0. The molecule has 1 heterocycles. The second-order valence-corrected chi connectivity index (χ2v) is 6.99. The topological polar surface area (TPSA) is 12.9 Å². The molecular weight excluding hydrogens is 557 g/mol. The van der Waals surface area contributed by atoms with Crippen molar-refractivity contribution in [1.82, 2.24) is 4.98 Å². The van der Waals surface area contributed by atoms with Crippen molar-refractivity contribution in [3.8, 4) is 11.3 Å². The van der Waals surface area contributed by atoms with Crippen LogP contribution in [0.4, 0.5) is 0 Å². The van der Waals surface area contributed by atoms with E-state index in [-0.39, 0.29) is 21.1 Å². The third-order valence-electron chi connectivity index (χ3n) is 5.11. The van der Waals surface area contributed by atoms with Crippen molar-refractivity contribution in [2.45, 2.75) is 0 Å². The molecule has 152 valence electrons. The first-order chi connectivity index (χ1) is 14.9. The molecule has 5 aromatic carbocycles. The molecular formula is C29H18NPt-3. The van der Waals surface area contributed by atoms with E-state index < -0.39 is 0 Å². The molecule has 0 saturated heterocycles. The van der Waals surface area contributed by atoms with E-state index in [1.54, 1.807) is 0 Å². The molecule has 0 aliphatic carbocycles. The predicted octanol–water partition coefficient (Wildman–Crippen LogP) is 7.29. The number of nitrogens with zero attached hydrogens (tertiary/aromatic N) is 1. The van der Waals surface area contributed by atoms with Crippen molar-refractivity contribution >= 4 is 32.3 Å². The van der Waals surface area contributed by atoms with Crippen LogP contribution in [0.15, 0.2) is 109 Å². The molecule has 0 N–H and O–H groups in total. The molecule has 2 heteroatoms. The first kappa shape index (κ1) is 21.0. The van der Waals surface area contributed by atoms with Crippen molar-refractivity contribution in [1.29, 1.82) is 0 Å². The smallest absolute Gasteiger partial charge is 0.0160 e. The maximum atomic E-state index is 4.37. The van der Waals surface area contributed by atoms with Gasteiger partial charge in [-0.2, -0.15) is 35.0 Å². The average Bonchev–Trinajstić information content (AvgIpc) is 2.84. The predicted molar refractivity (Wildman–Crippen MR) is 125 cm³/mol. The maximum Gasteiger partial charge on any atom is 0.0160 e. The van der Waals surface area contributed by atoms with Gasteiger partial charge in [-0.1, -0.05) is 41.8 Å². The Bertz CT molecular complexity index is 1380. The Morgan fingerprint density at radius 1 is 0.516 bits per heavy atom. The zero-order chi connectivity index (χ0) is 20.2. The van der Waals surface area contributed by atoms with E-state index >= 15 is 0 Å². The molecule has 0 radical (unpaired) electrons. The maximum absolute atomic E-state index is 4.37. The van der Waals surface area contributed by atoms with Gasteiger partial charge in [0.25, 0.3) is 0 Å². The standard InChI is InChI=1S/C15H10N.C14H8.Pt/c1-2-8-13-12(6-1)7-5-9-14(13)15-10-3-4-11-16-15;1-3-7-13-11(5-1)9-10-12-6-2-4-8-14(12)13;/h1-8,10-11H;1-6,9-10H;/q-1;-2;. The molecule has 0 fully saturated rings. The van der Waals surface area contributed by atoms with Crippen LogP contribution in [-0.4, -0.2) is 4.98 Å². The summed E-state index contributed by atoms with van der Waals surface area (Å²) in [4.78, 5) is 4.37. The Hall–Kier alpha value is -3.28. The Labute approximate surface area is 196 Å². The van der Waals surface area contributed by atoms with Crippen molar-refractivity contribution in [2.24, 2.45) is 0 Å². The number of aromatic nitrogens is 1. The molecule has 0 bridgehead atoms. The molecule has 0 aliphatic heterocycles. The average molecular weight is 576 g/mol. The zero-order valence-electron chi connectivity index (χ0n) is 16.7. The van der Waals surface area contributed by atoms with Crippen molar-refractivity contribution in [3.63, 3.8) is 0 Å². The van der Waals surface area contributed by atoms with E-state index in [0.717, 1.165) is 22.0 Å². The summed E-state index contributed by atoms with van der Waals surface area (Å²) in [6.45, 7) is 0. The Balaban J connectivity index is 0.000000146. The van der Waals surface area contributed by atoms with Gasteiger partial charge < -0.3 is 4.98 Å². The van der Waals surface area contributed by atoms with Gasteiger partial charge in [-0.25, -0.2) is 10.8 Å². The number of benzene rings is 5. The summed E-state index contributed by atoms with van der Waals surface area (Å²) in [6.07, 6.45) is 1.81. The fourth-order valence-electron chi connectivity index (χ4n) is 3.68. The molecule has 1 nitrogen and oxygen atoms in total. The normalized spacial score (nSPS) is 10.3. The van der Waals surface area contributed by atoms with Crippen LogP contribution in [-0.2, 0) is 21.1 Å². The van der Waals surface area contributed by atoms with Crippen LogP contribution >= 0.6 is 0 Å². The number of fused-ring (bicyclic) bond motifs is 4. The van der Waals surface area contributed by atoms with Gasteiger partial charge in [0, 0.05) is 27.3 Å². The van der Waals surface area contributed by atoms with Gasteiger partial charge in [-0.15, -0.1) is 65.5 Å². The van der Waals surface area contributed by atoms with Gasteiger partial charge in [0.1, 0.15) is 0 Å². The molecule has 0 aliphatic rings. The summed E-state index contributed by atoms with van der Waals surface area (Å²) in [6, 6.07) is 44.4. The van der Waals surface area contributed by atoms with E-state index in [0.29, 0.717) is 0 Å². The molecule has 0 atom stereocenters.